The maximum absolute atomic E-state index is 11.8. The molecule has 0 unspecified atom stereocenters. The Labute approximate surface area is 148 Å². The Morgan fingerprint density at radius 3 is 2.80 bits per heavy atom. The van der Waals surface area contributed by atoms with Crippen molar-refractivity contribution in [1.82, 2.24) is 19.3 Å². The Morgan fingerprint density at radius 1 is 1.28 bits per heavy atom. The van der Waals surface area contributed by atoms with E-state index in [1.54, 1.807) is 6.20 Å². The quantitative estimate of drug-likeness (QED) is 0.899. The van der Waals surface area contributed by atoms with Crippen LogP contribution in [-0.4, -0.2) is 47.0 Å². The molecule has 0 bridgehead atoms. The maximum atomic E-state index is 11.8. The van der Waals surface area contributed by atoms with Crippen LogP contribution in [0.2, 0.25) is 0 Å². The first-order chi connectivity index (χ1) is 11.8. The number of piperidine rings is 1. The van der Waals surface area contributed by atoms with E-state index in [9.17, 15) is 8.42 Å². The first-order valence-corrected chi connectivity index (χ1v) is 10.2. The van der Waals surface area contributed by atoms with Gasteiger partial charge in [-0.3, -0.25) is 0 Å². The Balaban J connectivity index is 1.85. The summed E-state index contributed by atoms with van der Waals surface area (Å²) in [6.07, 6.45) is 4.69. The predicted molar refractivity (Wildman–Crippen MR) is 97.4 cm³/mol. The molecule has 3 rings (SSSR count). The van der Waals surface area contributed by atoms with Gasteiger partial charge in [-0.25, -0.2) is 27.7 Å². The third-order valence-electron chi connectivity index (χ3n) is 4.35. The zero-order chi connectivity index (χ0) is 18.0. The molecule has 1 fully saturated rings. The van der Waals surface area contributed by atoms with E-state index in [1.165, 1.54) is 10.6 Å². The highest BCUT2D eigenvalue weighted by molar-refractivity contribution is 7.88. The Morgan fingerprint density at radius 2 is 2.08 bits per heavy atom. The van der Waals surface area contributed by atoms with E-state index in [0.29, 0.717) is 24.7 Å². The molecule has 1 saturated heterocycles. The molecule has 0 spiro atoms. The lowest BCUT2D eigenvalue weighted by atomic mass is 9.99. The van der Waals surface area contributed by atoms with Gasteiger partial charge in [-0.1, -0.05) is 6.07 Å². The summed E-state index contributed by atoms with van der Waals surface area (Å²) in [5, 5.41) is 3.24. The molecule has 7 nitrogen and oxygen atoms in total. The van der Waals surface area contributed by atoms with Crippen molar-refractivity contribution in [3.63, 3.8) is 0 Å². The molecular weight excluding hydrogens is 338 g/mol. The van der Waals surface area contributed by atoms with Crippen LogP contribution in [-0.2, 0) is 10.0 Å². The van der Waals surface area contributed by atoms with Crippen LogP contribution in [0, 0.1) is 13.8 Å². The normalized spacial score (nSPS) is 18.9. The van der Waals surface area contributed by atoms with Crippen LogP contribution < -0.4 is 5.32 Å². The van der Waals surface area contributed by atoms with E-state index in [1.807, 2.05) is 32.0 Å². The number of aryl methyl sites for hydroxylation is 2. The fourth-order valence-corrected chi connectivity index (χ4v) is 3.94. The molecule has 0 saturated carbocycles. The zero-order valence-corrected chi connectivity index (χ0v) is 15.5. The molecule has 0 aliphatic carbocycles. The van der Waals surface area contributed by atoms with Gasteiger partial charge >= 0.3 is 0 Å². The molecule has 1 aliphatic rings. The minimum Gasteiger partial charge on any atom is -0.325 e. The number of rotatable bonds is 4. The second kappa shape index (κ2) is 7.05. The van der Waals surface area contributed by atoms with Gasteiger partial charge in [0.25, 0.3) is 0 Å². The third-order valence-corrected chi connectivity index (χ3v) is 5.62. The number of nitrogens with zero attached hydrogens (tertiary/aromatic N) is 4. The molecule has 2 aromatic rings. The predicted octanol–water partition coefficient (Wildman–Crippen LogP) is 2.37. The average Bonchev–Trinajstić information content (AvgIpc) is 2.56. The van der Waals surface area contributed by atoms with Gasteiger partial charge in [-0.15, -0.1) is 0 Å². The van der Waals surface area contributed by atoms with E-state index in [0.717, 1.165) is 29.9 Å². The fraction of sp³-hybridized carbons (Fsp3) is 0.471. The Hall–Kier alpha value is -2.06. The summed E-state index contributed by atoms with van der Waals surface area (Å²) in [6, 6.07) is 5.74. The standard InChI is InChI=1S/C17H23N5O2S/c1-12-6-4-8-18-16(12)20-15-10-13(2)19-17(21-15)14-7-5-9-22(11-14)25(3,23)24/h4,6,8,10,14H,5,7,9,11H2,1-3H3,(H,18,19,20,21)/t14-/m1/s1. The number of hydrogen-bond acceptors (Lipinski definition) is 6. The van der Waals surface area contributed by atoms with Crippen molar-refractivity contribution in [2.75, 3.05) is 24.7 Å². The Kier molecular flexibility index (Phi) is 5.01. The molecule has 0 radical (unpaired) electrons. The third kappa shape index (κ3) is 4.32. The highest BCUT2D eigenvalue weighted by Gasteiger charge is 2.28. The molecule has 2 aromatic heterocycles. The van der Waals surface area contributed by atoms with Crippen molar-refractivity contribution in [3.8, 4) is 0 Å². The molecule has 0 aromatic carbocycles. The van der Waals surface area contributed by atoms with Crippen molar-refractivity contribution >= 4 is 21.7 Å². The second-order valence-corrected chi connectivity index (χ2v) is 8.49. The lowest BCUT2D eigenvalue weighted by Crippen LogP contribution is -2.38. The number of anilines is 2. The summed E-state index contributed by atoms with van der Waals surface area (Å²) >= 11 is 0. The Bertz CT molecular complexity index is 869. The molecule has 3 heterocycles. The summed E-state index contributed by atoms with van der Waals surface area (Å²) in [4.78, 5) is 13.5. The minimum absolute atomic E-state index is 0.00811. The smallest absolute Gasteiger partial charge is 0.211 e. The van der Waals surface area contributed by atoms with Crippen LogP contribution in [0.3, 0.4) is 0 Å². The SMILES string of the molecule is Cc1cc(Nc2ncccc2C)nc([C@@H]2CCCN(S(C)(=O)=O)C2)n1. The average molecular weight is 361 g/mol. The summed E-state index contributed by atoms with van der Waals surface area (Å²) in [6.45, 7) is 4.90. The van der Waals surface area contributed by atoms with Gasteiger partial charge < -0.3 is 5.32 Å². The minimum atomic E-state index is -3.19. The van der Waals surface area contributed by atoms with Crippen LogP contribution in [0.1, 0.15) is 35.8 Å². The molecule has 134 valence electrons. The fourth-order valence-electron chi connectivity index (χ4n) is 3.03. The van der Waals surface area contributed by atoms with Crippen LogP contribution in [0.15, 0.2) is 24.4 Å². The molecule has 1 N–H and O–H groups in total. The number of sulfonamides is 1. The number of aromatic nitrogens is 3. The number of nitrogens with one attached hydrogen (secondary N) is 1. The van der Waals surface area contributed by atoms with Gasteiger partial charge in [0.2, 0.25) is 10.0 Å². The molecule has 25 heavy (non-hydrogen) atoms. The molecule has 1 atom stereocenters. The van der Waals surface area contributed by atoms with E-state index in [-0.39, 0.29) is 5.92 Å². The van der Waals surface area contributed by atoms with Crippen LogP contribution in [0.4, 0.5) is 11.6 Å². The van der Waals surface area contributed by atoms with Crippen LogP contribution in [0.5, 0.6) is 0 Å². The van der Waals surface area contributed by atoms with Crippen molar-refractivity contribution in [1.29, 1.82) is 0 Å². The molecule has 0 amide bonds. The second-order valence-electron chi connectivity index (χ2n) is 6.51. The summed E-state index contributed by atoms with van der Waals surface area (Å²) in [5.41, 5.74) is 1.87. The van der Waals surface area contributed by atoms with E-state index in [4.69, 9.17) is 0 Å². The lowest BCUT2D eigenvalue weighted by molar-refractivity contribution is 0.311. The molecule has 8 heteroatoms. The van der Waals surface area contributed by atoms with Crippen molar-refractivity contribution in [2.24, 2.45) is 0 Å². The largest absolute Gasteiger partial charge is 0.325 e. The highest BCUT2D eigenvalue weighted by Crippen LogP contribution is 2.27. The van der Waals surface area contributed by atoms with Crippen molar-refractivity contribution < 1.29 is 8.42 Å². The molecular formula is C17H23N5O2S. The first-order valence-electron chi connectivity index (χ1n) is 8.32. The van der Waals surface area contributed by atoms with Gasteiger partial charge in [-0.05, 0) is 38.3 Å². The van der Waals surface area contributed by atoms with Crippen LogP contribution >= 0.6 is 0 Å². The van der Waals surface area contributed by atoms with Gasteiger partial charge in [0.05, 0.1) is 6.26 Å². The number of pyridine rings is 1. The van der Waals surface area contributed by atoms with Crippen molar-refractivity contribution in [3.05, 3.63) is 41.5 Å². The van der Waals surface area contributed by atoms with Crippen molar-refractivity contribution in [2.45, 2.75) is 32.6 Å². The van der Waals surface area contributed by atoms with E-state index < -0.39 is 10.0 Å². The summed E-state index contributed by atoms with van der Waals surface area (Å²) < 4.78 is 25.2. The zero-order valence-electron chi connectivity index (χ0n) is 14.7. The number of hydrogen-bond donors (Lipinski definition) is 1. The van der Waals surface area contributed by atoms with Gasteiger partial charge in [0.1, 0.15) is 17.5 Å². The first kappa shape index (κ1) is 17.8. The van der Waals surface area contributed by atoms with Gasteiger partial charge in [-0.2, -0.15) is 0 Å². The van der Waals surface area contributed by atoms with Gasteiger partial charge in [0.15, 0.2) is 0 Å². The topological polar surface area (TPSA) is 88.1 Å². The van der Waals surface area contributed by atoms with Gasteiger partial charge in [0, 0.05) is 37.0 Å². The van der Waals surface area contributed by atoms with Crippen LogP contribution in [0.25, 0.3) is 0 Å². The van der Waals surface area contributed by atoms with E-state index in [2.05, 4.69) is 20.3 Å². The monoisotopic (exact) mass is 361 g/mol. The molecule has 1 aliphatic heterocycles. The maximum Gasteiger partial charge on any atom is 0.211 e. The van der Waals surface area contributed by atoms with E-state index >= 15 is 0 Å². The highest BCUT2D eigenvalue weighted by atomic mass is 32.2. The summed E-state index contributed by atoms with van der Waals surface area (Å²) in [5.74, 6) is 2.13. The lowest BCUT2D eigenvalue weighted by Gasteiger charge is -2.30. The summed E-state index contributed by atoms with van der Waals surface area (Å²) in [7, 11) is -3.19.